The number of likely N-dealkylation sites (N-methyl/N-ethyl adjacent to an activating group) is 1. The molecule has 1 fully saturated rings. The van der Waals surface area contributed by atoms with Crippen molar-refractivity contribution in [3.05, 3.63) is 23.7 Å². The van der Waals surface area contributed by atoms with Crippen LogP contribution in [-0.4, -0.2) is 30.1 Å². The molecule has 0 aliphatic heterocycles. The zero-order valence-corrected chi connectivity index (χ0v) is 11.9. The Hall–Kier alpha value is -1.31. The van der Waals surface area contributed by atoms with Crippen molar-refractivity contribution in [1.82, 2.24) is 4.90 Å². The van der Waals surface area contributed by atoms with Crippen molar-refractivity contribution in [3.8, 4) is 6.07 Å². The first-order chi connectivity index (χ1) is 9.02. The fraction of sp³-hybridized carbons (Fsp3) is 0.667. The summed E-state index contributed by atoms with van der Waals surface area (Å²) < 4.78 is 5.58. The Labute approximate surface area is 115 Å². The van der Waals surface area contributed by atoms with Crippen LogP contribution in [0.1, 0.15) is 37.2 Å². The molecular formula is C15H23N3O. The van der Waals surface area contributed by atoms with Gasteiger partial charge in [0.2, 0.25) is 0 Å². The second kappa shape index (κ2) is 5.77. The molecule has 1 aliphatic carbocycles. The van der Waals surface area contributed by atoms with Gasteiger partial charge in [-0.25, -0.2) is 0 Å². The van der Waals surface area contributed by atoms with E-state index in [-0.39, 0.29) is 0 Å². The zero-order valence-electron chi connectivity index (χ0n) is 11.9. The van der Waals surface area contributed by atoms with Gasteiger partial charge in [-0.2, -0.15) is 5.26 Å². The van der Waals surface area contributed by atoms with Crippen molar-refractivity contribution in [3.63, 3.8) is 0 Å². The van der Waals surface area contributed by atoms with Gasteiger partial charge >= 0.3 is 0 Å². The third-order valence-electron chi connectivity index (χ3n) is 4.20. The van der Waals surface area contributed by atoms with E-state index in [1.165, 1.54) is 0 Å². The van der Waals surface area contributed by atoms with E-state index in [0.717, 1.165) is 50.2 Å². The molecule has 4 heteroatoms. The zero-order chi connectivity index (χ0) is 13.9. The molecule has 0 spiro atoms. The van der Waals surface area contributed by atoms with Gasteiger partial charge < -0.3 is 15.1 Å². The number of nitriles is 1. The van der Waals surface area contributed by atoms with Crippen LogP contribution in [-0.2, 0) is 6.42 Å². The van der Waals surface area contributed by atoms with E-state index < -0.39 is 5.54 Å². The van der Waals surface area contributed by atoms with Gasteiger partial charge in [0.1, 0.15) is 17.1 Å². The maximum Gasteiger partial charge on any atom is 0.105 e. The molecule has 19 heavy (non-hydrogen) atoms. The molecule has 1 aliphatic rings. The highest BCUT2D eigenvalue weighted by Crippen LogP contribution is 2.28. The summed E-state index contributed by atoms with van der Waals surface area (Å²) in [6, 6.07) is 6.84. The van der Waals surface area contributed by atoms with Gasteiger partial charge in [0.05, 0.1) is 6.07 Å². The number of rotatable bonds is 4. The Kier molecular flexibility index (Phi) is 4.28. The molecule has 0 aromatic carbocycles. The molecule has 2 N–H and O–H groups in total. The molecule has 1 saturated carbocycles. The Balaban J connectivity index is 1.79. The SMILES string of the molecule is Cc1ccc(CCN(C)C2CCC(N)(C#N)CC2)o1. The van der Waals surface area contributed by atoms with Crippen LogP contribution in [0.4, 0.5) is 0 Å². The lowest BCUT2D eigenvalue weighted by molar-refractivity contribution is 0.167. The lowest BCUT2D eigenvalue weighted by atomic mass is 9.81. The quantitative estimate of drug-likeness (QED) is 0.902. The molecule has 1 aromatic rings. The summed E-state index contributed by atoms with van der Waals surface area (Å²) in [5.41, 5.74) is 5.41. The normalized spacial score (nSPS) is 27.4. The monoisotopic (exact) mass is 261 g/mol. The standard InChI is InChI=1S/C15H23N3O/c1-12-3-4-14(19-12)7-10-18(2)13-5-8-15(17,11-16)9-6-13/h3-4,13H,5-10,17H2,1-2H3. The predicted molar refractivity (Wildman–Crippen MR) is 74.6 cm³/mol. The van der Waals surface area contributed by atoms with Crippen molar-refractivity contribution in [2.45, 2.75) is 50.6 Å². The number of hydrogen-bond acceptors (Lipinski definition) is 4. The predicted octanol–water partition coefficient (Wildman–Crippen LogP) is 2.23. The molecule has 0 unspecified atom stereocenters. The lowest BCUT2D eigenvalue weighted by Gasteiger charge is -2.36. The smallest absolute Gasteiger partial charge is 0.105 e. The number of nitrogens with two attached hydrogens (primary N) is 1. The highest BCUT2D eigenvalue weighted by Gasteiger charge is 2.32. The average molecular weight is 261 g/mol. The first kappa shape index (κ1) is 14.1. The highest BCUT2D eigenvalue weighted by atomic mass is 16.3. The van der Waals surface area contributed by atoms with E-state index in [4.69, 9.17) is 15.4 Å². The molecule has 2 rings (SSSR count). The van der Waals surface area contributed by atoms with Crippen LogP contribution in [0.25, 0.3) is 0 Å². The fourth-order valence-corrected chi connectivity index (χ4v) is 2.76. The van der Waals surface area contributed by atoms with Crippen molar-refractivity contribution in [2.24, 2.45) is 5.73 Å². The number of furan rings is 1. The Morgan fingerprint density at radius 1 is 1.47 bits per heavy atom. The van der Waals surface area contributed by atoms with Gasteiger partial charge in [-0.15, -0.1) is 0 Å². The minimum atomic E-state index is -0.588. The molecule has 0 saturated heterocycles. The summed E-state index contributed by atoms with van der Waals surface area (Å²) in [6.45, 7) is 2.96. The van der Waals surface area contributed by atoms with Gasteiger partial charge in [-0.05, 0) is 51.8 Å². The van der Waals surface area contributed by atoms with Crippen molar-refractivity contribution in [2.75, 3.05) is 13.6 Å². The van der Waals surface area contributed by atoms with Crippen LogP contribution in [0.2, 0.25) is 0 Å². The molecule has 4 nitrogen and oxygen atoms in total. The van der Waals surface area contributed by atoms with Crippen molar-refractivity contribution < 1.29 is 4.42 Å². The molecule has 104 valence electrons. The van der Waals surface area contributed by atoms with E-state index in [1.54, 1.807) is 0 Å². The van der Waals surface area contributed by atoms with Crippen LogP contribution in [0, 0.1) is 18.3 Å². The van der Waals surface area contributed by atoms with Crippen molar-refractivity contribution in [1.29, 1.82) is 5.26 Å². The molecule has 0 bridgehead atoms. The molecule has 1 aromatic heterocycles. The first-order valence-corrected chi connectivity index (χ1v) is 6.98. The van der Waals surface area contributed by atoms with Gasteiger partial charge in [0, 0.05) is 19.0 Å². The first-order valence-electron chi connectivity index (χ1n) is 6.98. The van der Waals surface area contributed by atoms with Gasteiger partial charge in [0.25, 0.3) is 0 Å². The van der Waals surface area contributed by atoms with Gasteiger partial charge in [0.15, 0.2) is 0 Å². The van der Waals surface area contributed by atoms with E-state index in [2.05, 4.69) is 18.0 Å². The fourth-order valence-electron chi connectivity index (χ4n) is 2.76. The Morgan fingerprint density at radius 2 is 2.16 bits per heavy atom. The maximum absolute atomic E-state index is 9.03. The summed E-state index contributed by atoms with van der Waals surface area (Å²) in [5, 5.41) is 9.03. The minimum Gasteiger partial charge on any atom is -0.466 e. The molecule has 0 amide bonds. The van der Waals surface area contributed by atoms with Crippen LogP contribution in [0.5, 0.6) is 0 Å². The number of nitrogens with zero attached hydrogens (tertiary/aromatic N) is 2. The minimum absolute atomic E-state index is 0.543. The van der Waals surface area contributed by atoms with Crippen molar-refractivity contribution >= 4 is 0 Å². The maximum atomic E-state index is 9.03. The molecular weight excluding hydrogens is 238 g/mol. The summed E-state index contributed by atoms with van der Waals surface area (Å²) in [4.78, 5) is 2.37. The summed E-state index contributed by atoms with van der Waals surface area (Å²) >= 11 is 0. The van der Waals surface area contributed by atoms with E-state index >= 15 is 0 Å². The Morgan fingerprint density at radius 3 is 2.68 bits per heavy atom. The van der Waals surface area contributed by atoms with E-state index in [1.807, 2.05) is 19.1 Å². The molecule has 1 heterocycles. The second-order valence-electron chi connectivity index (χ2n) is 5.74. The largest absolute Gasteiger partial charge is 0.466 e. The number of hydrogen-bond donors (Lipinski definition) is 1. The topological polar surface area (TPSA) is 66.2 Å². The van der Waals surface area contributed by atoms with Crippen LogP contribution >= 0.6 is 0 Å². The Bertz CT molecular complexity index is 452. The summed E-state index contributed by atoms with van der Waals surface area (Å²) in [5.74, 6) is 2.02. The third-order valence-corrected chi connectivity index (χ3v) is 4.20. The van der Waals surface area contributed by atoms with Crippen LogP contribution in [0.3, 0.4) is 0 Å². The van der Waals surface area contributed by atoms with Crippen LogP contribution < -0.4 is 5.73 Å². The second-order valence-corrected chi connectivity index (χ2v) is 5.74. The van der Waals surface area contributed by atoms with Gasteiger partial charge in [-0.1, -0.05) is 0 Å². The van der Waals surface area contributed by atoms with E-state index in [9.17, 15) is 0 Å². The lowest BCUT2D eigenvalue weighted by Crippen LogP contribution is -2.47. The summed E-state index contributed by atoms with van der Waals surface area (Å²) in [6.07, 6.45) is 4.57. The molecule has 0 radical (unpaired) electrons. The van der Waals surface area contributed by atoms with Crippen LogP contribution in [0.15, 0.2) is 16.5 Å². The average Bonchev–Trinajstić information content (AvgIpc) is 2.83. The third kappa shape index (κ3) is 3.59. The van der Waals surface area contributed by atoms with E-state index in [0.29, 0.717) is 6.04 Å². The number of aryl methyl sites for hydroxylation is 1. The summed E-state index contributed by atoms with van der Waals surface area (Å²) in [7, 11) is 2.15. The molecule has 0 atom stereocenters. The van der Waals surface area contributed by atoms with Gasteiger partial charge in [-0.3, -0.25) is 0 Å². The highest BCUT2D eigenvalue weighted by molar-refractivity contribution is 5.08.